The molecule has 0 atom stereocenters. The highest BCUT2D eigenvalue weighted by molar-refractivity contribution is 5.89. The molecule has 0 heterocycles. The molecule has 0 aliphatic carbocycles. The van der Waals surface area contributed by atoms with Gasteiger partial charge in [-0.2, -0.15) is 0 Å². The molecule has 0 saturated heterocycles. The maximum absolute atomic E-state index is 10.9. The molecular weight excluding hydrogens is 362 g/mol. The number of phenolic OH excluding ortho intramolecular Hbond substituents is 2. The van der Waals surface area contributed by atoms with Gasteiger partial charge in [0.25, 0.3) is 0 Å². The third kappa shape index (κ3) is 4.25. The van der Waals surface area contributed by atoms with Crippen molar-refractivity contribution in [1.29, 1.82) is 0 Å². The fourth-order valence-electron chi connectivity index (χ4n) is 2.99. The van der Waals surface area contributed by atoms with Gasteiger partial charge in [-0.25, -0.2) is 0 Å². The molecule has 0 aliphatic rings. The topological polar surface area (TPSA) is 76.5 Å². The average molecular weight is 383 g/mol. The second kappa shape index (κ2) is 8.27. The van der Waals surface area contributed by atoms with Crippen LogP contribution in [0.3, 0.4) is 0 Å². The number of hydrogen-bond donors (Lipinski definition) is 5. The predicted molar refractivity (Wildman–Crippen MR) is 119 cm³/mol. The van der Waals surface area contributed by atoms with E-state index in [1.54, 1.807) is 6.07 Å². The molecule has 0 spiro atoms. The summed E-state index contributed by atoms with van der Waals surface area (Å²) in [4.78, 5) is 0. The summed E-state index contributed by atoms with van der Waals surface area (Å²) in [7, 11) is 0. The Bertz CT molecular complexity index is 1020. The average Bonchev–Trinajstić information content (AvgIpc) is 2.77. The summed E-state index contributed by atoms with van der Waals surface area (Å²) in [6.45, 7) is 0. The summed E-state index contributed by atoms with van der Waals surface area (Å²) >= 11 is 0. The van der Waals surface area contributed by atoms with Crippen LogP contribution in [0.15, 0.2) is 97.1 Å². The second-order valence-corrected chi connectivity index (χ2v) is 6.52. The van der Waals surface area contributed by atoms with Crippen molar-refractivity contribution in [3.05, 3.63) is 97.1 Å². The zero-order valence-corrected chi connectivity index (χ0v) is 15.6. The largest absolute Gasteiger partial charge is 0.504 e. The van der Waals surface area contributed by atoms with Gasteiger partial charge in [0.05, 0.1) is 11.4 Å². The number of nitrogens with one attached hydrogen (secondary N) is 3. The first-order valence-electron chi connectivity index (χ1n) is 9.26. The van der Waals surface area contributed by atoms with E-state index in [1.165, 1.54) is 0 Å². The van der Waals surface area contributed by atoms with Crippen molar-refractivity contribution < 1.29 is 10.2 Å². The first-order valence-corrected chi connectivity index (χ1v) is 9.26. The second-order valence-electron chi connectivity index (χ2n) is 6.52. The van der Waals surface area contributed by atoms with Crippen molar-refractivity contribution in [1.82, 2.24) is 0 Å². The molecule has 0 radical (unpaired) electrons. The molecule has 0 amide bonds. The number of phenols is 2. The van der Waals surface area contributed by atoms with Gasteiger partial charge in [0.15, 0.2) is 11.5 Å². The third-order valence-corrected chi connectivity index (χ3v) is 4.42. The molecule has 0 fully saturated rings. The molecule has 0 saturated carbocycles. The van der Waals surface area contributed by atoms with E-state index in [1.807, 2.05) is 91.0 Å². The Labute approximate surface area is 169 Å². The highest BCUT2D eigenvalue weighted by atomic mass is 16.3. The van der Waals surface area contributed by atoms with E-state index in [9.17, 15) is 10.2 Å². The quantitative estimate of drug-likeness (QED) is 0.199. The van der Waals surface area contributed by atoms with Crippen LogP contribution in [0, 0.1) is 0 Å². The van der Waals surface area contributed by atoms with Gasteiger partial charge in [-0.1, -0.05) is 54.6 Å². The van der Waals surface area contributed by atoms with Gasteiger partial charge < -0.3 is 26.2 Å². The molecule has 5 heteroatoms. The van der Waals surface area contributed by atoms with Crippen LogP contribution >= 0.6 is 0 Å². The maximum Gasteiger partial charge on any atom is 0.166 e. The number of benzene rings is 4. The van der Waals surface area contributed by atoms with Gasteiger partial charge in [-0.05, 0) is 42.5 Å². The van der Waals surface area contributed by atoms with E-state index in [0.29, 0.717) is 11.4 Å². The van der Waals surface area contributed by atoms with Crippen LogP contribution in [0.1, 0.15) is 0 Å². The minimum absolute atomic E-state index is 0.0752. The van der Waals surface area contributed by atoms with E-state index < -0.39 is 0 Å². The van der Waals surface area contributed by atoms with Crippen LogP contribution in [0.5, 0.6) is 11.5 Å². The molecule has 5 N–H and O–H groups in total. The van der Waals surface area contributed by atoms with Gasteiger partial charge in [0.1, 0.15) is 5.69 Å². The van der Waals surface area contributed by atoms with E-state index in [-0.39, 0.29) is 17.2 Å². The SMILES string of the molecule is Oc1c(Nc2ccccc2)cc(Nc2ccccc2)c(O)c1Nc1ccccc1. The van der Waals surface area contributed by atoms with Crippen molar-refractivity contribution in [2.45, 2.75) is 0 Å². The molecule has 4 aromatic carbocycles. The summed E-state index contributed by atoms with van der Waals surface area (Å²) in [6.07, 6.45) is 0. The van der Waals surface area contributed by atoms with Crippen LogP contribution < -0.4 is 16.0 Å². The van der Waals surface area contributed by atoms with Crippen LogP contribution in [-0.2, 0) is 0 Å². The normalized spacial score (nSPS) is 10.3. The molecule has 4 rings (SSSR count). The number of para-hydroxylation sites is 3. The molecule has 5 nitrogen and oxygen atoms in total. The van der Waals surface area contributed by atoms with Crippen molar-refractivity contribution in [3.63, 3.8) is 0 Å². The summed E-state index contributed by atoms with van der Waals surface area (Å²) in [5, 5.41) is 31.3. The molecule has 144 valence electrons. The molecule has 29 heavy (non-hydrogen) atoms. The monoisotopic (exact) mass is 383 g/mol. The molecule has 0 aliphatic heterocycles. The fraction of sp³-hybridized carbons (Fsp3) is 0. The minimum atomic E-state index is -0.0752. The standard InChI is InChI=1S/C24H21N3O2/c28-23-20(25-17-10-4-1-5-11-17)16-21(26-18-12-6-2-7-13-18)24(29)22(23)27-19-14-8-3-9-15-19/h1-16,25-29H. The summed E-state index contributed by atoms with van der Waals surface area (Å²) in [5.74, 6) is -0.150. The smallest absolute Gasteiger partial charge is 0.166 e. The Balaban J connectivity index is 1.77. The third-order valence-electron chi connectivity index (χ3n) is 4.42. The van der Waals surface area contributed by atoms with E-state index in [4.69, 9.17) is 0 Å². The van der Waals surface area contributed by atoms with Gasteiger partial charge in [0, 0.05) is 17.1 Å². The summed E-state index contributed by atoms with van der Waals surface area (Å²) < 4.78 is 0. The van der Waals surface area contributed by atoms with Crippen molar-refractivity contribution in [2.24, 2.45) is 0 Å². The zero-order chi connectivity index (χ0) is 20.1. The van der Waals surface area contributed by atoms with E-state index in [0.717, 1.165) is 17.1 Å². The van der Waals surface area contributed by atoms with Crippen LogP contribution in [0.25, 0.3) is 0 Å². The Hall–Kier alpha value is -4.12. The van der Waals surface area contributed by atoms with Crippen LogP contribution in [0.2, 0.25) is 0 Å². The first-order chi connectivity index (χ1) is 14.2. The highest BCUT2D eigenvalue weighted by Crippen LogP contribution is 2.47. The lowest BCUT2D eigenvalue weighted by Crippen LogP contribution is -1.99. The molecular formula is C24H21N3O2. The van der Waals surface area contributed by atoms with Gasteiger partial charge >= 0.3 is 0 Å². The van der Waals surface area contributed by atoms with Gasteiger partial charge in [-0.15, -0.1) is 0 Å². The summed E-state index contributed by atoms with van der Waals surface area (Å²) in [6, 6.07) is 30.2. The Morgan fingerprint density at radius 3 is 1.17 bits per heavy atom. The van der Waals surface area contributed by atoms with E-state index >= 15 is 0 Å². The van der Waals surface area contributed by atoms with Crippen LogP contribution in [0.4, 0.5) is 34.1 Å². The Morgan fingerprint density at radius 1 is 0.448 bits per heavy atom. The van der Waals surface area contributed by atoms with Crippen molar-refractivity contribution >= 4 is 34.1 Å². The molecule has 0 unspecified atom stereocenters. The maximum atomic E-state index is 10.9. The Kier molecular flexibility index (Phi) is 5.21. The zero-order valence-electron chi connectivity index (χ0n) is 15.6. The Morgan fingerprint density at radius 2 is 0.793 bits per heavy atom. The highest BCUT2D eigenvalue weighted by Gasteiger charge is 2.18. The lowest BCUT2D eigenvalue weighted by molar-refractivity contribution is 0.458. The predicted octanol–water partition coefficient (Wildman–Crippen LogP) is 6.33. The van der Waals surface area contributed by atoms with Crippen LogP contribution in [-0.4, -0.2) is 10.2 Å². The van der Waals surface area contributed by atoms with Gasteiger partial charge in [-0.3, -0.25) is 0 Å². The van der Waals surface area contributed by atoms with Gasteiger partial charge in [0.2, 0.25) is 0 Å². The lowest BCUT2D eigenvalue weighted by atomic mass is 10.1. The molecule has 4 aromatic rings. The lowest BCUT2D eigenvalue weighted by Gasteiger charge is -2.19. The number of anilines is 6. The molecule has 0 bridgehead atoms. The number of aromatic hydroxyl groups is 2. The minimum Gasteiger partial charge on any atom is -0.504 e. The van der Waals surface area contributed by atoms with Crippen molar-refractivity contribution in [2.75, 3.05) is 16.0 Å². The molecule has 0 aromatic heterocycles. The first kappa shape index (κ1) is 18.3. The number of rotatable bonds is 6. The fourth-order valence-corrected chi connectivity index (χ4v) is 2.99. The summed E-state index contributed by atoms with van der Waals surface area (Å²) in [5.41, 5.74) is 3.54. The number of hydrogen-bond acceptors (Lipinski definition) is 5. The van der Waals surface area contributed by atoms with Crippen molar-refractivity contribution in [3.8, 4) is 11.5 Å². The van der Waals surface area contributed by atoms with E-state index in [2.05, 4.69) is 16.0 Å².